The first kappa shape index (κ1) is 28.2. The number of thioether (sulfide) groups is 1. The quantitative estimate of drug-likeness (QED) is 0.133. The first-order valence-electron chi connectivity index (χ1n) is 14.4. The number of nitrogens with zero attached hydrogens (tertiary/aromatic N) is 3. The third-order valence-corrected chi connectivity index (χ3v) is 8.46. The van der Waals surface area contributed by atoms with Crippen molar-refractivity contribution in [3.63, 3.8) is 0 Å². The highest BCUT2D eigenvalue weighted by Gasteiger charge is 2.41. The predicted octanol–water partition coefficient (Wildman–Crippen LogP) is 8.27. The first-order valence-corrected chi connectivity index (χ1v) is 15.4. The molecule has 0 spiro atoms. The number of carbonyl (C=O) groups excluding carboxylic acids is 1. The van der Waals surface area contributed by atoms with Gasteiger partial charge in [0, 0.05) is 12.3 Å². The minimum absolute atomic E-state index is 0.162. The molecule has 1 atom stereocenters. The molecule has 4 aromatic carbocycles. The summed E-state index contributed by atoms with van der Waals surface area (Å²) >= 11 is 1.68. The molecule has 6 rings (SSSR count). The second-order valence-corrected chi connectivity index (χ2v) is 11.5. The van der Waals surface area contributed by atoms with Crippen molar-refractivity contribution in [2.75, 3.05) is 11.1 Å². The van der Waals surface area contributed by atoms with Gasteiger partial charge in [0.15, 0.2) is 0 Å². The van der Waals surface area contributed by atoms with Crippen LogP contribution in [0.25, 0.3) is 10.9 Å². The number of benzene rings is 4. The average molecular weight is 584 g/mol. The summed E-state index contributed by atoms with van der Waals surface area (Å²) in [7, 11) is 0. The number of urea groups is 1. The fourth-order valence-corrected chi connectivity index (χ4v) is 6.36. The summed E-state index contributed by atoms with van der Waals surface area (Å²) in [6, 6.07) is 42.7. The monoisotopic (exact) mass is 583 g/mol. The van der Waals surface area contributed by atoms with Gasteiger partial charge in [-0.25, -0.2) is 14.5 Å². The van der Waals surface area contributed by atoms with Gasteiger partial charge in [-0.05, 0) is 34.9 Å². The molecule has 214 valence electrons. The number of nitrogens with one attached hydrogen (secondary N) is 2. The SMILES string of the molecule is CCSc1nn(C(c2ccccc2)(c2ccccc2)c2ccccc2)c2cc(NC(=O)N[C@H](C)c3ccccc3)ncc12. The van der Waals surface area contributed by atoms with Crippen LogP contribution in [-0.4, -0.2) is 26.5 Å². The van der Waals surface area contributed by atoms with Crippen LogP contribution in [0.1, 0.15) is 42.1 Å². The normalized spacial score (nSPS) is 12.1. The maximum absolute atomic E-state index is 13.1. The molecule has 7 heteroatoms. The van der Waals surface area contributed by atoms with Crippen molar-refractivity contribution in [1.29, 1.82) is 0 Å². The molecular weight excluding hydrogens is 550 g/mol. The lowest BCUT2D eigenvalue weighted by Gasteiger charge is -2.37. The highest BCUT2D eigenvalue weighted by atomic mass is 32.2. The lowest BCUT2D eigenvalue weighted by Crippen LogP contribution is -2.38. The molecule has 0 bridgehead atoms. The van der Waals surface area contributed by atoms with E-state index in [-0.39, 0.29) is 12.1 Å². The van der Waals surface area contributed by atoms with Crippen LogP contribution < -0.4 is 10.6 Å². The lowest BCUT2D eigenvalue weighted by molar-refractivity contribution is 0.249. The Labute approximate surface area is 256 Å². The number of anilines is 1. The molecule has 0 saturated heterocycles. The fraction of sp³-hybridized carbons (Fsp3) is 0.139. The van der Waals surface area contributed by atoms with Gasteiger partial charge < -0.3 is 5.32 Å². The highest BCUT2D eigenvalue weighted by Crippen LogP contribution is 2.44. The van der Waals surface area contributed by atoms with Crippen molar-refractivity contribution in [1.82, 2.24) is 20.1 Å². The van der Waals surface area contributed by atoms with E-state index < -0.39 is 5.54 Å². The fourth-order valence-electron chi connectivity index (χ4n) is 5.63. The van der Waals surface area contributed by atoms with Crippen LogP contribution in [0.3, 0.4) is 0 Å². The molecule has 0 aliphatic heterocycles. The van der Waals surface area contributed by atoms with E-state index >= 15 is 0 Å². The summed E-state index contributed by atoms with van der Waals surface area (Å²) in [6.45, 7) is 4.08. The average Bonchev–Trinajstić information content (AvgIpc) is 3.41. The number of rotatable bonds is 9. The molecule has 0 fully saturated rings. The van der Waals surface area contributed by atoms with E-state index in [1.807, 2.05) is 67.7 Å². The van der Waals surface area contributed by atoms with E-state index in [2.05, 4.69) is 100 Å². The standard InChI is InChI=1S/C36H33N5OS/c1-3-43-34-31-25-37-33(39-35(42)38-26(2)27-16-8-4-9-17-27)24-32(31)41(40-34)36(28-18-10-5-11-19-28,29-20-12-6-13-21-29)30-22-14-7-15-23-30/h4-26H,3H2,1-2H3,(H2,37,38,39,42)/t26-/m1/s1. The van der Waals surface area contributed by atoms with Crippen molar-refractivity contribution < 1.29 is 4.79 Å². The number of hydrogen-bond acceptors (Lipinski definition) is 4. The molecule has 6 nitrogen and oxygen atoms in total. The smallest absolute Gasteiger partial charge is 0.320 e. The van der Waals surface area contributed by atoms with Crippen molar-refractivity contribution in [2.24, 2.45) is 0 Å². The van der Waals surface area contributed by atoms with Gasteiger partial charge >= 0.3 is 6.03 Å². The number of fused-ring (bicyclic) bond motifs is 1. The Kier molecular flexibility index (Phi) is 8.24. The minimum atomic E-state index is -0.794. The predicted molar refractivity (Wildman–Crippen MR) is 176 cm³/mol. The van der Waals surface area contributed by atoms with Crippen LogP contribution in [0.4, 0.5) is 10.6 Å². The summed E-state index contributed by atoms with van der Waals surface area (Å²) < 4.78 is 2.11. The van der Waals surface area contributed by atoms with Gasteiger partial charge in [0.1, 0.15) is 16.4 Å². The van der Waals surface area contributed by atoms with Gasteiger partial charge in [-0.1, -0.05) is 128 Å². The third-order valence-electron chi connectivity index (χ3n) is 7.59. The second-order valence-electron chi connectivity index (χ2n) is 10.3. The van der Waals surface area contributed by atoms with E-state index in [0.717, 1.165) is 43.9 Å². The van der Waals surface area contributed by atoms with E-state index in [0.29, 0.717) is 5.82 Å². The van der Waals surface area contributed by atoms with E-state index in [9.17, 15) is 4.79 Å². The number of hydrogen-bond donors (Lipinski definition) is 2. The summed E-state index contributed by atoms with van der Waals surface area (Å²) in [4.78, 5) is 17.7. The van der Waals surface area contributed by atoms with Crippen LogP contribution >= 0.6 is 11.8 Å². The van der Waals surface area contributed by atoms with Crippen LogP contribution in [-0.2, 0) is 5.54 Å². The first-order chi connectivity index (χ1) is 21.1. The summed E-state index contributed by atoms with van der Waals surface area (Å²) in [6.07, 6.45) is 1.82. The molecule has 2 aromatic heterocycles. The van der Waals surface area contributed by atoms with Gasteiger partial charge in [-0.2, -0.15) is 5.10 Å². The number of amides is 2. The van der Waals surface area contributed by atoms with Crippen molar-refractivity contribution in [3.8, 4) is 0 Å². The van der Waals surface area contributed by atoms with E-state index in [1.165, 1.54) is 0 Å². The summed E-state index contributed by atoms with van der Waals surface area (Å²) in [5, 5.41) is 13.1. The van der Waals surface area contributed by atoms with Gasteiger partial charge in [0.2, 0.25) is 0 Å². The highest BCUT2D eigenvalue weighted by molar-refractivity contribution is 7.99. The van der Waals surface area contributed by atoms with Crippen LogP contribution in [0.5, 0.6) is 0 Å². The van der Waals surface area contributed by atoms with Crippen LogP contribution in [0.2, 0.25) is 0 Å². The van der Waals surface area contributed by atoms with E-state index in [1.54, 1.807) is 11.8 Å². The van der Waals surface area contributed by atoms with Gasteiger partial charge in [-0.15, -0.1) is 11.8 Å². The zero-order chi connectivity index (χ0) is 29.6. The maximum Gasteiger partial charge on any atom is 0.320 e. The molecule has 0 aliphatic rings. The van der Waals surface area contributed by atoms with Gasteiger partial charge in [-0.3, -0.25) is 5.32 Å². The lowest BCUT2D eigenvalue weighted by atomic mass is 9.77. The van der Waals surface area contributed by atoms with Crippen LogP contribution in [0, 0.1) is 0 Å². The summed E-state index contributed by atoms with van der Waals surface area (Å²) in [5.41, 5.74) is 4.33. The van der Waals surface area contributed by atoms with Crippen LogP contribution in [0.15, 0.2) is 139 Å². The van der Waals surface area contributed by atoms with Crippen molar-refractivity contribution in [2.45, 2.75) is 30.5 Å². The number of carbonyl (C=O) groups is 1. The Morgan fingerprint density at radius 1 is 0.814 bits per heavy atom. The van der Waals surface area contributed by atoms with Crippen molar-refractivity contribution >= 4 is 34.5 Å². The number of pyridine rings is 1. The Balaban J connectivity index is 1.53. The van der Waals surface area contributed by atoms with Crippen molar-refractivity contribution in [3.05, 3.63) is 156 Å². The summed E-state index contributed by atoms with van der Waals surface area (Å²) in [5.74, 6) is 1.31. The molecule has 2 heterocycles. The topological polar surface area (TPSA) is 71.8 Å². The third kappa shape index (κ3) is 5.51. The molecule has 0 radical (unpaired) electrons. The largest absolute Gasteiger partial charge is 0.331 e. The molecule has 0 unspecified atom stereocenters. The zero-order valence-electron chi connectivity index (χ0n) is 24.1. The Hall–Kier alpha value is -4.88. The molecule has 2 amide bonds. The molecule has 0 saturated carbocycles. The zero-order valence-corrected chi connectivity index (χ0v) is 25.0. The second kappa shape index (κ2) is 12.5. The van der Waals surface area contributed by atoms with E-state index in [4.69, 9.17) is 5.10 Å². The Morgan fingerprint density at radius 3 is 1.84 bits per heavy atom. The number of aromatic nitrogens is 3. The molecule has 2 N–H and O–H groups in total. The molecule has 0 aliphatic carbocycles. The minimum Gasteiger partial charge on any atom is -0.331 e. The van der Waals surface area contributed by atoms with Gasteiger partial charge in [0.05, 0.1) is 16.9 Å². The Bertz CT molecular complexity index is 1710. The molecule has 6 aromatic rings. The Morgan fingerprint density at radius 2 is 1.33 bits per heavy atom. The maximum atomic E-state index is 13.1. The molecule has 43 heavy (non-hydrogen) atoms. The molecular formula is C36H33N5OS. The van der Waals surface area contributed by atoms with Gasteiger partial charge in [0.25, 0.3) is 0 Å².